The molecule has 0 unspecified atom stereocenters. The summed E-state index contributed by atoms with van der Waals surface area (Å²) in [6.07, 6.45) is 1.22. The van der Waals surface area contributed by atoms with Crippen molar-refractivity contribution >= 4 is 22.7 Å². The van der Waals surface area contributed by atoms with Gasteiger partial charge in [0.2, 0.25) is 11.8 Å². The molecule has 1 spiro atoms. The number of piperidine rings is 2. The number of amides is 2. The van der Waals surface area contributed by atoms with Gasteiger partial charge in [0.1, 0.15) is 11.1 Å². The Labute approximate surface area is 140 Å². The van der Waals surface area contributed by atoms with Crippen LogP contribution in [-0.4, -0.2) is 27.9 Å². The third kappa shape index (κ3) is 1.38. The van der Waals surface area contributed by atoms with E-state index < -0.39 is 11.1 Å². The van der Waals surface area contributed by atoms with Crippen LogP contribution in [0, 0.1) is 5.92 Å². The van der Waals surface area contributed by atoms with Gasteiger partial charge in [-0.15, -0.1) is 0 Å². The number of hydrogen-bond acceptors (Lipinski definition) is 2. The standard InChI is InChI=1S/C19H21N3O2/c1-17(2)13-9-18(3)15(23)22-19(13,16(24)21-18)8-11-10-6-4-5-7-12(10)20-14(11)17/h4-7,13,20H,8-9H2,1-3H3,(H,21,24)(H,22,23)/t13-,18-,19-/m1/s1. The van der Waals surface area contributed by atoms with Gasteiger partial charge >= 0.3 is 0 Å². The van der Waals surface area contributed by atoms with Crippen molar-refractivity contribution in [1.82, 2.24) is 15.6 Å². The molecular formula is C19H21N3O2. The summed E-state index contributed by atoms with van der Waals surface area (Å²) in [7, 11) is 0. The molecule has 0 radical (unpaired) electrons. The number of carbonyl (C=O) groups is 2. The van der Waals surface area contributed by atoms with Gasteiger partial charge in [0, 0.05) is 34.4 Å². The topological polar surface area (TPSA) is 74.0 Å². The fourth-order valence-corrected chi connectivity index (χ4v) is 5.29. The van der Waals surface area contributed by atoms with E-state index in [1.54, 1.807) is 0 Å². The van der Waals surface area contributed by atoms with Gasteiger partial charge in [-0.1, -0.05) is 32.0 Å². The van der Waals surface area contributed by atoms with E-state index in [1.807, 2.05) is 19.1 Å². The number of hydrogen-bond donors (Lipinski definition) is 3. The molecule has 2 bridgehead atoms. The van der Waals surface area contributed by atoms with Gasteiger partial charge < -0.3 is 15.6 Å². The van der Waals surface area contributed by atoms with Gasteiger partial charge in [-0.3, -0.25) is 9.59 Å². The van der Waals surface area contributed by atoms with Crippen molar-refractivity contribution in [3.8, 4) is 0 Å². The fourth-order valence-electron chi connectivity index (χ4n) is 5.29. The number of aromatic nitrogens is 1. The molecule has 4 aliphatic rings. The third-order valence-corrected chi connectivity index (χ3v) is 6.62. The Balaban J connectivity index is 1.80. The summed E-state index contributed by atoms with van der Waals surface area (Å²) in [5.41, 5.74) is 1.60. The highest BCUT2D eigenvalue weighted by Crippen LogP contribution is 2.54. The van der Waals surface area contributed by atoms with Crippen molar-refractivity contribution in [3.63, 3.8) is 0 Å². The van der Waals surface area contributed by atoms with Crippen LogP contribution in [0.1, 0.15) is 38.4 Å². The molecule has 3 aliphatic heterocycles. The van der Waals surface area contributed by atoms with Crippen LogP contribution in [0.15, 0.2) is 24.3 Å². The van der Waals surface area contributed by atoms with Crippen LogP contribution in [-0.2, 0) is 21.4 Å². The summed E-state index contributed by atoms with van der Waals surface area (Å²) in [5.74, 6) is -0.0238. The number of benzene rings is 1. The second-order valence-corrected chi connectivity index (χ2v) is 8.39. The molecule has 1 aliphatic carbocycles. The maximum absolute atomic E-state index is 13.0. The minimum absolute atomic E-state index is 0.0372. The summed E-state index contributed by atoms with van der Waals surface area (Å²) in [4.78, 5) is 29.1. The van der Waals surface area contributed by atoms with Gasteiger partial charge in [-0.2, -0.15) is 0 Å². The van der Waals surface area contributed by atoms with Crippen LogP contribution < -0.4 is 10.6 Å². The van der Waals surface area contributed by atoms with E-state index in [1.165, 1.54) is 5.69 Å². The zero-order valence-electron chi connectivity index (χ0n) is 14.1. The molecule has 3 N–H and O–H groups in total. The molecule has 0 saturated carbocycles. The van der Waals surface area contributed by atoms with Gasteiger partial charge in [0.25, 0.3) is 0 Å². The number of aromatic amines is 1. The van der Waals surface area contributed by atoms with E-state index in [-0.39, 0.29) is 23.1 Å². The summed E-state index contributed by atoms with van der Waals surface area (Å²) in [5, 5.41) is 7.23. The maximum Gasteiger partial charge on any atom is 0.247 e. The van der Waals surface area contributed by atoms with Crippen molar-refractivity contribution in [2.24, 2.45) is 5.92 Å². The van der Waals surface area contributed by atoms with E-state index in [9.17, 15) is 9.59 Å². The van der Waals surface area contributed by atoms with E-state index in [4.69, 9.17) is 0 Å². The average molecular weight is 323 g/mol. The summed E-state index contributed by atoms with van der Waals surface area (Å²) in [6.45, 7) is 6.21. The smallest absolute Gasteiger partial charge is 0.247 e. The Bertz CT molecular complexity index is 928. The van der Waals surface area contributed by atoms with E-state index in [0.29, 0.717) is 12.8 Å². The largest absolute Gasteiger partial charge is 0.358 e. The van der Waals surface area contributed by atoms with Crippen molar-refractivity contribution in [2.45, 2.75) is 50.1 Å². The van der Waals surface area contributed by atoms with Crippen molar-refractivity contribution in [2.75, 3.05) is 0 Å². The Hall–Kier alpha value is -2.30. The van der Waals surface area contributed by atoms with Crippen LogP contribution in [0.3, 0.4) is 0 Å². The first-order valence-corrected chi connectivity index (χ1v) is 8.53. The summed E-state index contributed by atoms with van der Waals surface area (Å²) < 4.78 is 0. The highest BCUT2D eigenvalue weighted by atomic mass is 16.2. The highest BCUT2D eigenvalue weighted by molar-refractivity contribution is 6.05. The summed E-state index contributed by atoms with van der Waals surface area (Å²) >= 11 is 0. The van der Waals surface area contributed by atoms with E-state index in [2.05, 4.69) is 41.6 Å². The molecule has 5 heteroatoms. The molecule has 6 rings (SSSR count). The molecule has 1 aromatic carbocycles. The Morgan fingerprint density at radius 1 is 1.04 bits per heavy atom. The number of nitrogens with one attached hydrogen (secondary N) is 3. The van der Waals surface area contributed by atoms with Crippen LogP contribution in [0.25, 0.3) is 10.9 Å². The third-order valence-electron chi connectivity index (χ3n) is 6.62. The lowest BCUT2D eigenvalue weighted by Gasteiger charge is -2.61. The van der Waals surface area contributed by atoms with E-state index in [0.717, 1.165) is 16.5 Å². The van der Waals surface area contributed by atoms with Crippen LogP contribution >= 0.6 is 0 Å². The predicted octanol–water partition coefficient (Wildman–Crippen LogP) is 1.76. The Morgan fingerprint density at radius 3 is 2.58 bits per heavy atom. The molecule has 2 amide bonds. The molecule has 1 aromatic heterocycles. The van der Waals surface area contributed by atoms with Crippen molar-refractivity contribution in [1.29, 1.82) is 0 Å². The van der Waals surface area contributed by atoms with Gasteiger partial charge in [0.05, 0.1) is 0 Å². The minimum atomic E-state index is -0.837. The lowest BCUT2D eigenvalue weighted by atomic mass is 9.52. The van der Waals surface area contributed by atoms with Gasteiger partial charge in [0.15, 0.2) is 0 Å². The molecule has 3 fully saturated rings. The first-order chi connectivity index (χ1) is 11.3. The quantitative estimate of drug-likeness (QED) is 0.691. The molecular weight excluding hydrogens is 302 g/mol. The second-order valence-electron chi connectivity index (χ2n) is 8.39. The number of piperazine rings is 1. The number of H-pyrrole nitrogens is 1. The first kappa shape index (κ1) is 14.1. The van der Waals surface area contributed by atoms with Gasteiger partial charge in [-0.05, 0) is 25.0 Å². The van der Waals surface area contributed by atoms with Crippen LogP contribution in [0.4, 0.5) is 0 Å². The fraction of sp³-hybridized carbons (Fsp3) is 0.474. The zero-order valence-corrected chi connectivity index (χ0v) is 14.1. The number of fused-ring (bicyclic) bond motifs is 5. The monoisotopic (exact) mass is 323 g/mol. The molecule has 2 aromatic rings. The Morgan fingerprint density at radius 2 is 1.79 bits per heavy atom. The zero-order chi connectivity index (χ0) is 16.9. The highest BCUT2D eigenvalue weighted by Gasteiger charge is 2.67. The number of para-hydroxylation sites is 1. The average Bonchev–Trinajstić information content (AvgIpc) is 2.89. The SMILES string of the molecule is CC1(C)c2[nH]c3ccccc3c2C[C@@]23NC(=O)[C@@](C)(C[C@H]12)NC3=O. The molecule has 3 saturated heterocycles. The molecule has 3 atom stereocenters. The normalized spacial score (nSPS) is 36.0. The predicted molar refractivity (Wildman–Crippen MR) is 90.6 cm³/mol. The molecule has 24 heavy (non-hydrogen) atoms. The van der Waals surface area contributed by atoms with E-state index >= 15 is 0 Å². The minimum Gasteiger partial charge on any atom is -0.358 e. The lowest BCUT2D eigenvalue weighted by Crippen LogP contribution is -2.84. The second kappa shape index (κ2) is 3.85. The molecule has 124 valence electrons. The van der Waals surface area contributed by atoms with Crippen LogP contribution in [0.2, 0.25) is 0 Å². The summed E-state index contributed by atoms with van der Waals surface area (Å²) in [6, 6.07) is 8.20. The van der Waals surface area contributed by atoms with Crippen molar-refractivity contribution in [3.05, 3.63) is 35.5 Å². The first-order valence-electron chi connectivity index (χ1n) is 8.53. The van der Waals surface area contributed by atoms with Crippen LogP contribution in [0.5, 0.6) is 0 Å². The number of carbonyl (C=O) groups excluding carboxylic acids is 2. The maximum atomic E-state index is 13.0. The van der Waals surface area contributed by atoms with Gasteiger partial charge in [-0.25, -0.2) is 0 Å². The molecule has 4 heterocycles. The Kier molecular flexibility index (Phi) is 2.26. The lowest BCUT2D eigenvalue weighted by molar-refractivity contribution is -0.160. The molecule has 5 nitrogen and oxygen atoms in total. The van der Waals surface area contributed by atoms with Crippen molar-refractivity contribution < 1.29 is 9.59 Å². The number of rotatable bonds is 0.